The molecule has 0 unspecified atom stereocenters. The monoisotopic (exact) mass is 292 g/mol. The minimum atomic E-state index is -0.848. The van der Waals surface area contributed by atoms with E-state index in [-0.39, 0.29) is 23.1 Å². The summed E-state index contributed by atoms with van der Waals surface area (Å²) in [6.45, 7) is 0. The van der Waals surface area contributed by atoms with E-state index in [1.807, 2.05) is 0 Å². The highest BCUT2D eigenvalue weighted by Crippen LogP contribution is 2.30. The molecule has 0 radical (unpaired) electrons. The summed E-state index contributed by atoms with van der Waals surface area (Å²) in [5.41, 5.74) is 6.35. The first-order chi connectivity index (χ1) is 9.88. The second-order valence-electron chi connectivity index (χ2n) is 4.63. The standard InChI is InChI=1S/C15H14F2N2O2/c1-19(2)15(20)9-3-5-12(18)14(7-9)21-13-6-4-10(16)8-11(13)17/h3-8H,18H2,1-2H3. The summed E-state index contributed by atoms with van der Waals surface area (Å²) in [4.78, 5) is 13.3. The number of nitrogen functional groups attached to an aromatic ring is 1. The van der Waals surface area contributed by atoms with Gasteiger partial charge in [-0.2, -0.15) is 0 Å². The number of benzene rings is 2. The van der Waals surface area contributed by atoms with E-state index in [9.17, 15) is 13.6 Å². The summed E-state index contributed by atoms with van der Waals surface area (Å²) in [5.74, 6) is -1.83. The Kier molecular flexibility index (Phi) is 4.07. The van der Waals surface area contributed by atoms with Crippen LogP contribution >= 0.6 is 0 Å². The molecule has 2 rings (SSSR count). The van der Waals surface area contributed by atoms with Crippen LogP contribution in [0.2, 0.25) is 0 Å². The Morgan fingerprint density at radius 1 is 1.10 bits per heavy atom. The van der Waals surface area contributed by atoms with Crippen molar-refractivity contribution in [3.8, 4) is 11.5 Å². The molecule has 0 fully saturated rings. The topological polar surface area (TPSA) is 55.6 Å². The molecule has 0 saturated heterocycles. The lowest BCUT2D eigenvalue weighted by Crippen LogP contribution is -2.21. The molecule has 2 N–H and O–H groups in total. The maximum absolute atomic E-state index is 13.6. The van der Waals surface area contributed by atoms with Gasteiger partial charge in [-0.1, -0.05) is 0 Å². The highest BCUT2D eigenvalue weighted by atomic mass is 19.1. The number of hydrogen-bond donors (Lipinski definition) is 1. The Morgan fingerprint density at radius 2 is 1.81 bits per heavy atom. The second-order valence-corrected chi connectivity index (χ2v) is 4.63. The van der Waals surface area contributed by atoms with E-state index in [0.717, 1.165) is 12.1 Å². The number of halogens is 2. The van der Waals surface area contributed by atoms with Gasteiger partial charge in [-0.3, -0.25) is 4.79 Å². The Labute approximate surface area is 120 Å². The molecule has 0 atom stereocenters. The average Bonchev–Trinajstić information content (AvgIpc) is 2.43. The van der Waals surface area contributed by atoms with E-state index in [1.54, 1.807) is 20.2 Å². The van der Waals surface area contributed by atoms with Crippen LogP contribution in [0.3, 0.4) is 0 Å². The van der Waals surface area contributed by atoms with Crippen LogP contribution in [-0.2, 0) is 0 Å². The number of carbonyl (C=O) groups excluding carboxylic acids is 1. The zero-order valence-electron chi connectivity index (χ0n) is 11.6. The third-order valence-electron chi connectivity index (χ3n) is 2.78. The van der Waals surface area contributed by atoms with Crippen molar-refractivity contribution in [2.45, 2.75) is 0 Å². The van der Waals surface area contributed by atoms with Crippen molar-refractivity contribution in [1.29, 1.82) is 0 Å². The van der Waals surface area contributed by atoms with Crippen molar-refractivity contribution in [3.63, 3.8) is 0 Å². The fraction of sp³-hybridized carbons (Fsp3) is 0.133. The van der Waals surface area contributed by atoms with Gasteiger partial charge >= 0.3 is 0 Å². The smallest absolute Gasteiger partial charge is 0.253 e. The van der Waals surface area contributed by atoms with Crippen molar-refractivity contribution in [3.05, 3.63) is 53.6 Å². The molecule has 0 aliphatic heterocycles. The Bertz CT molecular complexity index is 687. The van der Waals surface area contributed by atoms with Crippen molar-refractivity contribution < 1.29 is 18.3 Å². The molecule has 0 spiro atoms. The summed E-state index contributed by atoms with van der Waals surface area (Å²) in [6, 6.07) is 7.40. The van der Waals surface area contributed by atoms with Gasteiger partial charge in [0.05, 0.1) is 5.69 Å². The van der Waals surface area contributed by atoms with Crippen LogP contribution in [0.5, 0.6) is 11.5 Å². The minimum Gasteiger partial charge on any atom is -0.452 e. The van der Waals surface area contributed by atoms with Crippen molar-refractivity contribution in [2.75, 3.05) is 19.8 Å². The van der Waals surface area contributed by atoms with Crippen LogP contribution in [-0.4, -0.2) is 24.9 Å². The summed E-state index contributed by atoms with van der Waals surface area (Å²) in [6.07, 6.45) is 0. The molecule has 1 amide bonds. The molecule has 2 aromatic carbocycles. The fourth-order valence-corrected chi connectivity index (χ4v) is 1.69. The maximum Gasteiger partial charge on any atom is 0.253 e. The normalized spacial score (nSPS) is 10.3. The largest absolute Gasteiger partial charge is 0.452 e. The van der Waals surface area contributed by atoms with Gasteiger partial charge in [0.15, 0.2) is 17.3 Å². The average molecular weight is 292 g/mol. The third-order valence-corrected chi connectivity index (χ3v) is 2.78. The van der Waals surface area contributed by atoms with Gasteiger partial charge in [-0.15, -0.1) is 0 Å². The van der Waals surface area contributed by atoms with Crippen LogP contribution in [0.4, 0.5) is 14.5 Å². The van der Waals surface area contributed by atoms with Crippen molar-refractivity contribution in [2.24, 2.45) is 0 Å². The molecule has 2 aromatic rings. The molecule has 0 bridgehead atoms. The molecular formula is C15H14F2N2O2. The Balaban J connectivity index is 2.35. The van der Waals surface area contributed by atoms with Gasteiger partial charge in [-0.25, -0.2) is 8.78 Å². The van der Waals surface area contributed by atoms with E-state index in [2.05, 4.69) is 0 Å². The second kappa shape index (κ2) is 5.78. The molecule has 0 saturated carbocycles. The molecule has 4 nitrogen and oxygen atoms in total. The Hall–Kier alpha value is -2.63. The van der Waals surface area contributed by atoms with E-state index in [4.69, 9.17) is 10.5 Å². The summed E-state index contributed by atoms with van der Waals surface area (Å²) >= 11 is 0. The highest BCUT2D eigenvalue weighted by Gasteiger charge is 2.13. The Morgan fingerprint density at radius 3 is 2.43 bits per heavy atom. The third kappa shape index (κ3) is 3.28. The number of hydrogen-bond acceptors (Lipinski definition) is 3. The molecule has 0 aliphatic carbocycles. The van der Waals surface area contributed by atoms with Gasteiger partial charge < -0.3 is 15.4 Å². The van der Waals surface area contributed by atoms with E-state index >= 15 is 0 Å². The van der Waals surface area contributed by atoms with Gasteiger partial charge in [0, 0.05) is 25.7 Å². The first kappa shape index (κ1) is 14.8. The zero-order valence-corrected chi connectivity index (χ0v) is 11.6. The zero-order chi connectivity index (χ0) is 15.6. The summed E-state index contributed by atoms with van der Waals surface area (Å²) in [5, 5.41) is 0. The van der Waals surface area contributed by atoms with Gasteiger partial charge in [0.1, 0.15) is 5.82 Å². The molecule has 21 heavy (non-hydrogen) atoms. The van der Waals surface area contributed by atoms with Crippen LogP contribution in [0.25, 0.3) is 0 Å². The predicted molar refractivity (Wildman–Crippen MR) is 75.3 cm³/mol. The maximum atomic E-state index is 13.6. The number of ether oxygens (including phenoxy) is 1. The molecule has 0 aliphatic rings. The van der Waals surface area contributed by atoms with Gasteiger partial charge in [0.2, 0.25) is 0 Å². The first-order valence-electron chi connectivity index (χ1n) is 6.12. The molecule has 6 heteroatoms. The van der Waals surface area contributed by atoms with Crippen molar-refractivity contribution in [1.82, 2.24) is 4.90 Å². The molecule has 0 aromatic heterocycles. The van der Waals surface area contributed by atoms with Gasteiger partial charge in [0.25, 0.3) is 5.91 Å². The fourth-order valence-electron chi connectivity index (χ4n) is 1.69. The highest BCUT2D eigenvalue weighted by molar-refractivity contribution is 5.94. The van der Waals surface area contributed by atoms with E-state index in [1.165, 1.54) is 17.0 Å². The molecular weight excluding hydrogens is 278 g/mol. The predicted octanol–water partition coefficient (Wildman–Crippen LogP) is 3.04. The molecule has 110 valence electrons. The number of nitrogens with zero attached hydrogens (tertiary/aromatic N) is 1. The van der Waals surface area contributed by atoms with Crippen molar-refractivity contribution >= 4 is 11.6 Å². The summed E-state index contributed by atoms with van der Waals surface area (Å²) < 4.78 is 31.8. The lowest BCUT2D eigenvalue weighted by Gasteiger charge is -2.13. The number of amides is 1. The number of rotatable bonds is 3. The number of nitrogens with two attached hydrogens (primary N) is 1. The van der Waals surface area contributed by atoms with Crippen LogP contribution in [0.1, 0.15) is 10.4 Å². The quantitative estimate of drug-likeness (QED) is 0.885. The van der Waals surface area contributed by atoms with Crippen LogP contribution in [0, 0.1) is 11.6 Å². The number of anilines is 1. The van der Waals surface area contributed by atoms with E-state index in [0.29, 0.717) is 11.6 Å². The van der Waals surface area contributed by atoms with Gasteiger partial charge in [-0.05, 0) is 30.3 Å². The minimum absolute atomic E-state index is 0.133. The number of carbonyl (C=O) groups is 1. The lowest BCUT2D eigenvalue weighted by molar-refractivity contribution is 0.0827. The summed E-state index contributed by atoms with van der Waals surface area (Å²) in [7, 11) is 3.22. The van der Waals surface area contributed by atoms with Crippen LogP contribution < -0.4 is 10.5 Å². The lowest BCUT2D eigenvalue weighted by atomic mass is 10.1. The SMILES string of the molecule is CN(C)C(=O)c1ccc(N)c(Oc2ccc(F)cc2F)c1. The van der Waals surface area contributed by atoms with Crippen LogP contribution in [0.15, 0.2) is 36.4 Å². The molecule has 0 heterocycles. The first-order valence-corrected chi connectivity index (χ1v) is 6.12. The van der Waals surface area contributed by atoms with E-state index < -0.39 is 11.6 Å².